The summed E-state index contributed by atoms with van der Waals surface area (Å²) in [6, 6.07) is 3.89. The number of nitrogens with zero attached hydrogens (tertiary/aromatic N) is 7. The van der Waals surface area contributed by atoms with E-state index in [1.165, 1.54) is 0 Å². The highest BCUT2D eigenvalue weighted by atomic mass is 19.1. The number of halogens is 1. The van der Waals surface area contributed by atoms with Crippen LogP contribution in [-0.4, -0.2) is 35.7 Å². The van der Waals surface area contributed by atoms with Crippen LogP contribution in [0.3, 0.4) is 0 Å². The van der Waals surface area contributed by atoms with Crippen LogP contribution >= 0.6 is 0 Å². The second kappa shape index (κ2) is 6.40. The molecule has 0 fully saturated rings. The maximum Gasteiger partial charge on any atom is 0.227 e. The molecule has 0 amide bonds. The number of imidazole rings is 1. The highest BCUT2D eigenvalue weighted by Crippen LogP contribution is 2.29. The van der Waals surface area contributed by atoms with E-state index in [0.29, 0.717) is 24.5 Å². The van der Waals surface area contributed by atoms with Gasteiger partial charge in [-0.3, -0.25) is 14.0 Å². The lowest BCUT2D eigenvalue weighted by atomic mass is 9.97. The summed E-state index contributed by atoms with van der Waals surface area (Å²) in [5.41, 5.74) is 3.41. The van der Waals surface area contributed by atoms with E-state index >= 15 is 0 Å². The maximum absolute atomic E-state index is 14.7. The predicted octanol–water partition coefficient (Wildman–Crippen LogP) is 3.02. The van der Waals surface area contributed by atoms with Gasteiger partial charge in [0.1, 0.15) is 5.82 Å². The van der Waals surface area contributed by atoms with Crippen molar-refractivity contribution >= 4 is 11.5 Å². The number of hydrogen-bond donors (Lipinski definition) is 0. The minimum atomic E-state index is -0.114. The quantitative estimate of drug-likeness (QED) is 0.549. The summed E-state index contributed by atoms with van der Waals surface area (Å²) in [5.74, 6) is 2.04. The van der Waals surface area contributed by atoms with E-state index in [1.807, 2.05) is 27.3 Å². The van der Waals surface area contributed by atoms with Crippen molar-refractivity contribution in [2.45, 2.75) is 33.4 Å². The lowest BCUT2D eigenvalue weighted by molar-refractivity contribution is 0.573. The fourth-order valence-electron chi connectivity index (χ4n) is 3.88. The van der Waals surface area contributed by atoms with E-state index in [4.69, 9.17) is 0 Å². The number of aryl methyl sites for hydroxylation is 1. The molecule has 4 heterocycles. The van der Waals surface area contributed by atoms with Crippen LogP contribution in [0.15, 0.2) is 36.9 Å². The van der Waals surface area contributed by atoms with Gasteiger partial charge in [-0.1, -0.05) is 12.1 Å². The van der Waals surface area contributed by atoms with Crippen LogP contribution in [0.2, 0.25) is 0 Å². The number of benzene rings is 1. The molecule has 1 aromatic carbocycles. The molecule has 1 aliphatic heterocycles. The molecule has 0 radical (unpaired) electrons. The first-order chi connectivity index (χ1) is 13.7. The van der Waals surface area contributed by atoms with Gasteiger partial charge in [-0.15, -0.1) is 10.2 Å². The molecule has 0 saturated carbocycles. The van der Waals surface area contributed by atoms with Gasteiger partial charge in [-0.2, -0.15) is 0 Å². The van der Waals surface area contributed by atoms with Gasteiger partial charge in [-0.25, -0.2) is 9.37 Å². The molecule has 0 spiro atoms. The molecule has 1 aliphatic rings. The molecule has 4 aromatic rings. The van der Waals surface area contributed by atoms with Crippen molar-refractivity contribution in [3.63, 3.8) is 0 Å². The van der Waals surface area contributed by atoms with Gasteiger partial charge in [-0.05, 0) is 31.4 Å². The monoisotopic (exact) mass is 377 g/mol. The number of hydrogen-bond acceptors (Lipinski definition) is 5. The van der Waals surface area contributed by atoms with Crippen LogP contribution in [0.25, 0.3) is 17.2 Å². The molecular weight excluding hydrogens is 357 g/mol. The lowest BCUT2D eigenvalue weighted by Gasteiger charge is -2.30. The van der Waals surface area contributed by atoms with Crippen molar-refractivity contribution in [1.82, 2.24) is 29.1 Å². The second-order valence-electron chi connectivity index (χ2n) is 7.03. The third-order valence-corrected chi connectivity index (χ3v) is 5.40. The predicted molar refractivity (Wildman–Crippen MR) is 104 cm³/mol. The number of rotatable bonds is 3. The van der Waals surface area contributed by atoms with E-state index in [2.05, 4.69) is 32.0 Å². The highest BCUT2D eigenvalue weighted by Gasteiger charge is 2.26. The molecule has 5 rings (SSSR count). The average Bonchev–Trinajstić information content (AvgIpc) is 3.34. The molecule has 28 heavy (non-hydrogen) atoms. The van der Waals surface area contributed by atoms with Crippen molar-refractivity contribution in [3.8, 4) is 11.6 Å². The largest absolute Gasteiger partial charge is 0.336 e. The van der Waals surface area contributed by atoms with Gasteiger partial charge in [0.15, 0.2) is 5.82 Å². The lowest BCUT2D eigenvalue weighted by Crippen LogP contribution is -2.33. The zero-order valence-corrected chi connectivity index (χ0v) is 15.8. The summed E-state index contributed by atoms with van der Waals surface area (Å²) in [7, 11) is 0. The molecule has 7 nitrogen and oxygen atoms in total. The minimum Gasteiger partial charge on any atom is -0.336 e. The molecule has 0 unspecified atom stereocenters. The summed E-state index contributed by atoms with van der Waals surface area (Å²) >= 11 is 0. The van der Waals surface area contributed by atoms with Crippen LogP contribution in [0.5, 0.6) is 0 Å². The summed E-state index contributed by atoms with van der Waals surface area (Å²) in [5, 5.41) is 8.87. The number of aromatic nitrogens is 6. The van der Waals surface area contributed by atoms with E-state index in [1.54, 1.807) is 25.5 Å². The maximum atomic E-state index is 14.7. The van der Waals surface area contributed by atoms with Crippen molar-refractivity contribution in [1.29, 1.82) is 0 Å². The van der Waals surface area contributed by atoms with E-state index < -0.39 is 0 Å². The fraction of sp³-hybridized carbons (Fsp3) is 0.300. The Labute approximate surface area is 161 Å². The van der Waals surface area contributed by atoms with E-state index in [0.717, 1.165) is 41.4 Å². The Morgan fingerprint density at radius 2 is 2.04 bits per heavy atom. The van der Waals surface area contributed by atoms with Gasteiger partial charge in [0.25, 0.3) is 0 Å². The van der Waals surface area contributed by atoms with Crippen LogP contribution < -0.4 is 4.90 Å². The number of anilines is 1. The van der Waals surface area contributed by atoms with Crippen molar-refractivity contribution in [3.05, 3.63) is 59.4 Å². The summed E-state index contributed by atoms with van der Waals surface area (Å²) < 4.78 is 18.7. The van der Waals surface area contributed by atoms with Crippen LogP contribution in [0.1, 0.15) is 23.6 Å². The summed E-state index contributed by atoms with van der Waals surface area (Å²) in [6.07, 6.45) is 7.90. The molecule has 3 aromatic heterocycles. The first-order valence-corrected chi connectivity index (χ1v) is 9.39. The molecular formula is C20H20FN7. The Bertz CT molecular complexity index is 1180. The van der Waals surface area contributed by atoms with Gasteiger partial charge >= 0.3 is 0 Å². The van der Waals surface area contributed by atoms with Crippen LogP contribution in [0.4, 0.5) is 10.3 Å². The fourth-order valence-corrected chi connectivity index (χ4v) is 3.88. The zero-order chi connectivity index (χ0) is 19.3. The molecule has 0 aliphatic carbocycles. The Hall–Kier alpha value is -3.29. The Balaban J connectivity index is 1.56. The van der Waals surface area contributed by atoms with Crippen LogP contribution in [0, 0.1) is 12.7 Å². The van der Waals surface area contributed by atoms with Crippen molar-refractivity contribution < 1.29 is 4.39 Å². The van der Waals surface area contributed by atoms with Crippen molar-refractivity contribution in [2.75, 3.05) is 11.4 Å². The van der Waals surface area contributed by atoms with E-state index in [-0.39, 0.29) is 5.82 Å². The Morgan fingerprint density at radius 1 is 1.14 bits per heavy atom. The normalized spacial score (nSPS) is 13.9. The topological polar surface area (TPSA) is 64.1 Å². The molecule has 142 valence electrons. The Kier molecular flexibility index (Phi) is 3.85. The second-order valence-corrected chi connectivity index (χ2v) is 7.03. The Morgan fingerprint density at radius 3 is 2.89 bits per heavy atom. The van der Waals surface area contributed by atoms with Gasteiger partial charge in [0, 0.05) is 37.6 Å². The van der Waals surface area contributed by atoms with Gasteiger partial charge in [0.05, 0.1) is 17.9 Å². The summed E-state index contributed by atoms with van der Waals surface area (Å²) in [6.45, 7) is 5.82. The highest BCUT2D eigenvalue weighted by molar-refractivity contribution is 5.57. The first-order valence-electron chi connectivity index (χ1n) is 9.39. The smallest absolute Gasteiger partial charge is 0.227 e. The molecule has 0 bridgehead atoms. The van der Waals surface area contributed by atoms with Crippen LogP contribution in [-0.2, 0) is 19.5 Å². The van der Waals surface area contributed by atoms with E-state index in [9.17, 15) is 4.39 Å². The zero-order valence-electron chi connectivity index (χ0n) is 15.8. The van der Waals surface area contributed by atoms with Crippen molar-refractivity contribution in [2.24, 2.45) is 0 Å². The minimum absolute atomic E-state index is 0.114. The van der Waals surface area contributed by atoms with Gasteiger partial charge < -0.3 is 4.90 Å². The number of fused-ring (bicyclic) bond motifs is 2. The third kappa shape index (κ3) is 2.48. The summed E-state index contributed by atoms with van der Waals surface area (Å²) in [4.78, 5) is 10.7. The third-order valence-electron chi connectivity index (χ3n) is 5.40. The first kappa shape index (κ1) is 16.9. The standard InChI is InChI=1S/C20H20FN7/c1-3-27-19(18-23-11-15-10-22-7-9-28(15)18)24-25-20(27)26-8-6-14-5-4-13(2)17(21)16(14)12-26/h4-5,7,9-11H,3,6,8,12H2,1-2H3. The molecule has 0 atom stereocenters. The SMILES string of the molecule is CCn1c(-c2ncc3cnccn23)nnc1N1CCc2ccc(C)c(F)c2C1. The average molecular weight is 377 g/mol. The molecule has 0 N–H and O–H groups in total. The molecule has 8 heteroatoms. The molecule has 0 saturated heterocycles. The van der Waals surface area contributed by atoms with Gasteiger partial charge in [0.2, 0.25) is 11.8 Å².